The first-order valence-electron chi connectivity index (χ1n) is 10.4. The average Bonchev–Trinajstić information content (AvgIpc) is 2.81. The lowest BCUT2D eigenvalue weighted by atomic mass is 9.96. The lowest BCUT2D eigenvalue weighted by Gasteiger charge is -2.31. The van der Waals surface area contributed by atoms with Crippen LogP contribution in [0.25, 0.3) is 0 Å². The third-order valence-electron chi connectivity index (χ3n) is 5.53. The lowest BCUT2D eigenvalue weighted by Crippen LogP contribution is -2.43. The number of pyridine rings is 1. The van der Waals surface area contributed by atoms with E-state index in [0.29, 0.717) is 44.8 Å². The van der Waals surface area contributed by atoms with Gasteiger partial charge in [0.05, 0.1) is 25.1 Å². The van der Waals surface area contributed by atoms with Crippen LogP contribution in [-0.2, 0) is 9.53 Å². The summed E-state index contributed by atoms with van der Waals surface area (Å²) < 4.78 is 5.36. The molecular weight excluding hydrogens is 382 g/mol. The lowest BCUT2D eigenvalue weighted by molar-refractivity contribution is -0.121. The summed E-state index contributed by atoms with van der Waals surface area (Å²) in [5.41, 5.74) is 1.47. The van der Waals surface area contributed by atoms with E-state index < -0.39 is 0 Å². The molecule has 30 heavy (non-hydrogen) atoms. The van der Waals surface area contributed by atoms with Gasteiger partial charge < -0.3 is 25.2 Å². The van der Waals surface area contributed by atoms with Gasteiger partial charge in [-0.05, 0) is 37.1 Å². The number of aromatic nitrogens is 1. The van der Waals surface area contributed by atoms with Gasteiger partial charge in [-0.3, -0.25) is 4.79 Å². The molecule has 1 aromatic heterocycles. The Balaban J connectivity index is 1.24. The Morgan fingerprint density at radius 1 is 0.900 bits per heavy atom. The normalized spacial score (nSPS) is 17.5. The number of para-hydroxylation sites is 1. The summed E-state index contributed by atoms with van der Waals surface area (Å²) in [6, 6.07) is 13.1. The van der Waals surface area contributed by atoms with Crippen molar-refractivity contribution >= 4 is 29.1 Å². The van der Waals surface area contributed by atoms with E-state index in [-0.39, 0.29) is 17.9 Å². The van der Waals surface area contributed by atoms with Gasteiger partial charge in [-0.2, -0.15) is 0 Å². The van der Waals surface area contributed by atoms with Gasteiger partial charge in [-0.15, -0.1) is 0 Å². The zero-order valence-corrected chi connectivity index (χ0v) is 16.9. The van der Waals surface area contributed by atoms with Crippen LogP contribution in [0.1, 0.15) is 12.8 Å². The van der Waals surface area contributed by atoms with Gasteiger partial charge >= 0.3 is 6.03 Å². The van der Waals surface area contributed by atoms with E-state index in [4.69, 9.17) is 4.74 Å². The Morgan fingerprint density at radius 2 is 1.63 bits per heavy atom. The zero-order valence-electron chi connectivity index (χ0n) is 16.9. The van der Waals surface area contributed by atoms with E-state index >= 15 is 0 Å². The number of morpholine rings is 1. The largest absolute Gasteiger partial charge is 0.378 e. The molecule has 0 aliphatic carbocycles. The predicted molar refractivity (Wildman–Crippen MR) is 116 cm³/mol. The minimum atomic E-state index is -0.122. The van der Waals surface area contributed by atoms with Crippen molar-refractivity contribution in [3.8, 4) is 0 Å². The number of nitrogens with one attached hydrogen (secondary N) is 2. The average molecular weight is 409 g/mol. The van der Waals surface area contributed by atoms with E-state index in [2.05, 4.69) is 20.5 Å². The minimum absolute atomic E-state index is 0.0148. The van der Waals surface area contributed by atoms with E-state index in [0.717, 1.165) is 24.6 Å². The highest BCUT2D eigenvalue weighted by atomic mass is 16.5. The number of benzene rings is 1. The Labute approximate surface area is 176 Å². The van der Waals surface area contributed by atoms with Crippen LogP contribution in [0.3, 0.4) is 0 Å². The third kappa shape index (κ3) is 5.07. The smallest absolute Gasteiger partial charge is 0.321 e. The molecule has 2 aromatic rings. The molecule has 0 bridgehead atoms. The van der Waals surface area contributed by atoms with Gasteiger partial charge in [0.2, 0.25) is 5.91 Å². The molecule has 1 aromatic carbocycles. The van der Waals surface area contributed by atoms with Crippen molar-refractivity contribution < 1.29 is 14.3 Å². The summed E-state index contributed by atoms with van der Waals surface area (Å²) >= 11 is 0. The predicted octanol–water partition coefficient (Wildman–Crippen LogP) is 2.80. The first-order chi connectivity index (χ1) is 14.7. The number of ether oxygens (including phenoxy) is 1. The number of hydrogen-bond donors (Lipinski definition) is 2. The molecule has 8 heteroatoms. The molecule has 2 fully saturated rings. The fraction of sp³-hybridized carbons (Fsp3) is 0.409. The second-order valence-corrected chi connectivity index (χ2v) is 7.55. The van der Waals surface area contributed by atoms with Crippen LogP contribution in [0, 0.1) is 5.92 Å². The number of anilines is 3. The van der Waals surface area contributed by atoms with Crippen LogP contribution in [0.5, 0.6) is 0 Å². The molecule has 158 valence electrons. The first-order valence-corrected chi connectivity index (χ1v) is 10.4. The standard InChI is InChI=1S/C22H27N5O3/c28-21(24-19-6-7-20(23-16-19)26-12-14-30-15-13-26)17-8-10-27(11-9-17)22(29)25-18-4-2-1-3-5-18/h1-7,16-17H,8-15H2,(H,24,28)(H,25,29). The number of rotatable bonds is 4. The van der Waals surface area contributed by atoms with Crippen LogP contribution in [0.4, 0.5) is 22.0 Å². The molecule has 2 aliphatic heterocycles. The van der Waals surface area contributed by atoms with E-state index in [1.54, 1.807) is 11.1 Å². The topological polar surface area (TPSA) is 86.8 Å². The van der Waals surface area contributed by atoms with Crippen molar-refractivity contribution in [1.82, 2.24) is 9.88 Å². The maximum Gasteiger partial charge on any atom is 0.321 e. The zero-order chi connectivity index (χ0) is 20.8. The number of likely N-dealkylation sites (tertiary alicyclic amines) is 1. The molecule has 0 atom stereocenters. The Kier molecular flexibility index (Phi) is 6.44. The van der Waals surface area contributed by atoms with Crippen molar-refractivity contribution in [3.63, 3.8) is 0 Å². The molecule has 4 rings (SSSR count). The Morgan fingerprint density at radius 3 is 2.30 bits per heavy atom. The van der Waals surface area contributed by atoms with Crippen molar-refractivity contribution in [3.05, 3.63) is 48.7 Å². The van der Waals surface area contributed by atoms with Gasteiger partial charge in [0.25, 0.3) is 0 Å². The van der Waals surface area contributed by atoms with Crippen molar-refractivity contribution in [2.75, 3.05) is 54.9 Å². The van der Waals surface area contributed by atoms with Crippen LogP contribution >= 0.6 is 0 Å². The van der Waals surface area contributed by atoms with Crippen molar-refractivity contribution in [2.24, 2.45) is 5.92 Å². The summed E-state index contributed by atoms with van der Waals surface area (Å²) in [5, 5.41) is 5.86. The summed E-state index contributed by atoms with van der Waals surface area (Å²) in [4.78, 5) is 33.4. The third-order valence-corrected chi connectivity index (χ3v) is 5.53. The number of nitrogens with zero attached hydrogens (tertiary/aromatic N) is 3. The monoisotopic (exact) mass is 409 g/mol. The van der Waals surface area contributed by atoms with Crippen molar-refractivity contribution in [1.29, 1.82) is 0 Å². The molecule has 2 N–H and O–H groups in total. The van der Waals surface area contributed by atoms with E-state index in [1.807, 2.05) is 42.5 Å². The molecule has 2 saturated heterocycles. The molecular formula is C22H27N5O3. The Hall–Kier alpha value is -3.13. The maximum atomic E-state index is 12.6. The molecule has 3 amide bonds. The highest BCUT2D eigenvalue weighted by Crippen LogP contribution is 2.21. The first kappa shape index (κ1) is 20.2. The van der Waals surface area contributed by atoms with Crippen LogP contribution in [0.15, 0.2) is 48.7 Å². The van der Waals surface area contributed by atoms with E-state index in [1.165, 1.54) is 0 Å². The number of carbonyl (C=O) groups is 2. The van der Waals surface area contributed by atoms with Gasteiger partial charge in [-0.1, -0.05) is 18.2 Å². The molecule has 3 heterocycles. The molecule has 0 saturated carbocycles. The highest BCUT2D eigenvalue weighted by molar-refractivity contribution is 5.93. The van der Waals surface area contributed by atoms with Crippen LogP contribution < -0.4 is 15.5 Å². The van der Waals surface area contributed by atoms with E-state index in [9.17, 15) is 9.59 Å². The fourth-order valence-electron chi connectivity index (χ4n) is 3.75. The minimum Gasteiger partial charge on any atom is -0.378 e. The van der Waals surface area contributed by atoms with Gasteiger partial charge in [-0.25, -0.2) is 9.78 Å². The summed E-state index contributed by atoms with van der Waals surface area (Å²) in [7, 11) is 0. The number of amides is 3. The quantitative estimate of drug-likeness (QED) is 0.811. The maximum absolute atomic E-state index is 12.6. The number of urea groups is 1. The molecule has 8 nitrogen and oxygen atoms in total. The van der Waals surface area contributed by atoms with Gasteiger partial charge in [0.15, 0.2) is 0 Å². The van der Waals surface area contributed by atoms with Gasteiger partial charge in [0.1, 0.15) is 5.82 Å². The van der Waals surface area contributed by atoms with Crippen LogP contribution in [-0.4, -0.2) is 61.2 Å². The van der Waals surface area contributed by atoms with Gasteiger partial charge in [0, 0.05) is 37.8 Å². The number of piperidine rings is 1. The highest BCUT2D eigenvalue weighted by Gasteiger charge is 2.27. The second-order valence-electron chi connectivity index (χ2n) is 7.55. The fourth-order valence-corrected chi connectivity index (χ4v) is 3.75. The second kappa shape index (κ2) is 9.58. The number of carbonyl (C=O) groups excluding carboxylic acids is 2. The SMILES string of the molecule is O=C(Nc1ccc(N2CCOCC2)nc1)C1CCN(C(=O)Nc2ccccc2)CC1. The summed E-state index contributed by atoms with van der Waals surface area (Å²) in [6.45, 7) is 4.20. The molecule has 2 aliphatic rings. The summed E-state index contributed by atoms with van der Waals surface area (Å²) in [6.07, 6.45) is 2.99. The van der Waals surface area contributed by atoms with Crippen LogP contribution in [0.2, 0.25) is 0 Å². The molecule has 0 unspecified atom stereocenters. The molecule has 0 spiro atoms. The van der Waals surface area contributed by atoms with Crippen molar-refractivity contribution in [2.45, 2.75) is 12.8 Å². The Bertz CT molecular complexity index is 845. The summed E-state index contributed by atoms with van der Waals surface area (Å²) in [5.74, 6) is 0.776. The number of hydrogen-bond acceptors (Lipinski definition) is 5. The molecule has 0 radical (unpaired) electrons.